The SMILES string of the molecule is COc1cccc(NC(=O)C(Sc2nnc(C3CC3)o2)c2ccccc2)c1. The Bertz CT molecular complexity index is 925. The molecule has 2 aromatic carbocycles. The van der Waals surface area contributed by atoms with Crippen molar-refractivity contribution in [3.8, 4) is 5.75 Å². The van der Waals surface area contributed by atoms with Crippen molar-refractivity contribution in [1.82, 2.24) is 10.2 Å². The maximum absolute atomic E-state index is 13.0. The molecule has 138 valence electrons. The molecule has 0 bridgehead atoms. The molecule has 1 fully saturated rings. The van der Waals surface area contributed by atoms with E-state index in [9.17, 15) is 4.79 Å². The third-order valence-electron chi connectivity index (χ3n) is 4.25. The van der Waals surface area contributed by atoms with E-state index >= 15 is 0 Å². The molecule has 0 aliphatic heterocycles. The zero-order valence-electron chi connectivity index (χ0n) is 14.8. The number of rotatable bonds is 7. The molecule has 1 aliphatic rings. The molecule has 1 aliphatic carbocycles. The van der Waals surface area contributed by atoms with Crippen molar-refractivity contribution >= 4 is 23.4 Å². The number of benzene rings is 2. The number of hydrogen-bond donors (Lipinski definition) is 1. The Labute approximate surface area is 161 Å². The number of nitrogens with one attached hydrogen (secondary N) is 1. The van der Waals surface area contributed by atoms with Gasteiger partial charge in [0.15, 0.2) is 0 Å². The van der Waals surface area contributed by atoms with Gasteiger partial charge in [0.2, 0.25) is 11.8 Å². The number of nitrogens with zero attached hydrogens (tertiary/aromatic N) is 2. The van der Waals surface area contributed by atoms with Crippen molar-refractivity contribution in [2.75, 3.05) is 12.4 Å². The van der Waals surface area contributed by atoms with Crippen molar-refractivity contribution in [2.45, 2.75) is 29.2 Å². The van der Waals surface area contributed by atoms with Crippen LogP contribution in [0.2, 0.25) is 0 Å². The molecule has 7 heteroatoms. The largest absolute Gasteiger partial charge is 0.497 e. The standard InChI is InChI=1S/C20H19N3O3S/c1-25-16-9-5-8-15(12-16)21-18(24)17(13-6-3-2-4-7-13)27-20-23-22-19(26-20)14-10-11-14/h2-9,12,14,17H,10-11H2,1H3,(H,21,24). The summed E-state index contributed by atoms with van der Waals surface area (Å²) in [6, 6.07) is 16.8. The van der Waals surface area contributed by atoms with Crippen LogP contribution in [-0.4, -0.2) is 23.2 Å². The van der Waals surface area contributed by atoms with Crippen LogP contribution in [0.25, 0.3) is 0 Å². The zero-order valence-corrected chi connectivity index (χ0v) is 15.6. The molecular formula is C20H19N3O3S. The number of amides is 1. The molecule has 1 N–H and O–H groups in total. The van der Waals surface area contributed by atoms with E-state index in [-0.39, 0.29) is 5.91 Å². The van der Waals surface area contributed by atoms with Crippen LogP contribution in [0.4, 0.5) is 5.69 Å². The Hall–Kier alpha value is -2.80. The van der Waals surface area contributed by atoms with Crippen molar-refractivity contribution in [2.24, 2.45) is 0 Å². The van der Waals surface area contributed by atoms with Gasteiger partial charge < -0.3 is 14.5 Å². The molecule has 1 aromatic heterocycles. The summed E-state index contributed by atoms with van der Waals surface area (Å²) in [7, 11) is 1.59. The molecule has 1 atom stereocenters. The molecule has 6 nitrogen and oxygen atoms in total. The van der Waals surface area contributed by atoms with Gasteiger partial charge in [-0.15, -0.1) is 10.2 Å². The first kappa shape index (κ1) is 17.6. The smallest absolute Gasteiger partial charge is 0.277 e. The van der Waals surface area contributed by atoms with Crippen LogP contribution >= 0.6 is 11.8 Å². The van der Waals surface area contributed by atoms with Gasteiger partial charge in [0.1, 0.15) is 11.0 Å². The lowest BCUT2D eigenvalue weighted by Crippen LogP contribution is -2.19. The molecular weight excluding hydrogens is 362 g/mol. The molecule has 3 aromatic rings. The van der Waals surface area contributed by atoms with E-state index in [2.05, 4.69) is 15.5 Å². The normalized spacial score (nSPS) is 14.6. The number of aromatic nitrogens is 2. The minimum absolute atomic E-state index is 0.161. The number of carbonyl (C=O) groups is 1. The second-order valence-electron chi connectivity index (χ2n) is 6.31. The number of hydrogen-bond acceptors (Lipinski definition) is 6. The molecule has 0 spiro atoms. The van der Waals surface area contributed by atoms with Crippen molar-refractivity contribution in [1.29, 1.82) is 0 Å². The van der Waals surface area contributed by atoms with E-state index in [0.717, 1.165) is 18.4 Å². The summed E-state index contributed by atoms with van der Waals surface area (Å²) in [6.45, 7) is 0. The van der Waals surface area contributed by atoms with E-state index in [1.807, 2.05) is 48.5 Å². The minimum atomic E-state index is -0.509. The summed E-state index contributed by atoms with van der Waals surface area (Å²) in [6.07, 6.45) is 2.18. The monoisotopic (exact) mass is 381 g/mol. The van der Waals surface area contributed by atoms with Crippen LogP contribution in [-0.2, 0) is 4.79 Å². The molecule has 0 saturated heterocycles. The lowest BCUT2D eigenvalue weighted by Gasteiger charge is -2.15. The second kappa shape index (κ2) is 7.84. The summed E-state index contributed by atoms with van der Waals surface area (Å²) in [5.41, 5.74) is 1.54. The molecule has 1 saturated carbocycles. The third kappa shape index (κ3) is 4.31. The van der Waals surface area contributed by atoms with Gasteiger partial charge in [-0.1, -0.05) is 36.4 Å². The molecule has 1 amide bonds. The number of ether oxygens (including phenoxy) is 1. The van der Waals surface area contributed by atoms with Crippen LogP contribution in [0.1, 0.15) is 35.5 Å². The summed E-state index contributed by atoms with van der Waals surface area (Å²) >= 11 is 1.26. The van der Waals surface area contributed by atoms with Gasteiger partial charge in [0, 0.05) is 17.7 Å². The van der Waals surface area contributed by atoms with E-state index < -0.39 is 5.25 Å². The average molecular weight is 381 g/mol. The zero-order chi connectivity index (χ0) is 18.6. The topological polar surface area (TPSA) is 77.2 Å². The lowest BCUT2D eigenvalue weighted by atomic mass is 10.1. The molecule has 1 heterocycles. The van der Waals surface area contributed by atoms with E-state index in [1.54, 1.807) is 13.2 Å². The van der Waals surface area contributed by atoms with E-state index in [0.29, 0.717) is 28.5 Å². The quantitative estimate of drug-likeness (QED) is 0.610. The molecule has 1 unspecified atom stereocenters. The van der Waals surface area contributed by atoms with Crippen molar-refractivity contribution in [3.05, 3.63) is 66.1 Å². The van der Waals surface area contributed by atoms with E-state index in [4.69, 9.17) is 9.15 Å². The fourth-order valence-corrected chi connectivity index (χ4v) is 3.56. The lowest BCUT2D eigenvalue weighted by molar-refractivity contribution is -0.115. The van der Waals surface area contributed by atoms with E-state index in [1.165, 1.54) is 11.8 Å². The first-order valence-electron chi connectivity index (χ1n) is 8.73. The van der Waals surface area contributed by atoms with Crippen LogP contribution in [0.5, 0.6) is 5.75 Å². The van der Waals surface area contributed by atoms with Crippen LogP contribution < -0.4 is 10.1 Å². The summed E-state index contributed by atoms with van der Waals surface area (Å²) < 4.78 is 11.0. The highest BCUT2D eigenvalue weighted by atomic mass is 32.2. The number of methoxy groups -OCH3 is 1. The molecule has 4 rings (SSSR count). The average Bonchev–Trinajstić information content (AvgIpc) is 3.45. The maximum Gasteiger partial charge on any atom is 0.277 e. The second-order valence-corrected chi connectivity index (χ2v) is 7.37. The van der Waals surface area contributed by atoms with Gasteiger partial charge in [-0.3, -0.25) is 4.79 Å². The fraction of sp³-hybridized carbons (Fsp3) is 0.250. The Balaban J connectivity index is 1.55. The Kier molecular flexibility index (Phi) is 5.11. The van der Waals surface area contributed by atoms with Gasteiger partial charge in [0.25, 0.3) is 5.22 Å². The minimum Gasteiger partial charge on any atom is -0.497 e. The highest BCUT2D eigenvalue weighted by Gasteiger charge is 2.31. The molecule has 27 heavy (non-hydrogen) atoms. The van der Waals surface area contributed by atoms with Gasteiger partial charge in [-0.2, -0.15) is 0 Å². The van der Waals surface area contributed by atoms with Crippen LogP contribution in [0, 0.1) is 0 Å². The first-order chi connectivity index (χ1) is 13.2. The highest BCUT2D eigenvalue weighted by molar-refractivity contribution is 8.00. The van der Waals surface area contributed by atoms with Crippen molar-refractivity contribution < 1.29 is 13.9 Å². The summed E-state index contributed by atoms with van der Waals surface area (Å²) in [5, 5.41) is 11.1. The Morgan fingerprint density at radius 1 is 1.19 bits per heavy atom. The number of anilines is 1. The first-order valence-corrected chi connectivity index (χ1v) is 9.61. The highest BCUT2D eigenvalue weighted by Crippen LogP contribution is 2.42. The predicted octanol–water partition coefficient (Wildman–Crippen LogP) is 4.43. The Morgan fingerprint density at radius 3 is 2.74 bits per heavy atom. The summed E-state index contributed by atoms with van der Waals surface area (Å²) in [4.78, 5) is 13.0. The van der Waals surface area contributed by atoms with Gasteiger partial charge in [0.05, 0.1) is 7.11 Å². The third-order valence-corrected chi connectivity index (χ3v) is 5.33. The number of carbonyl (C=O) groups excluding carboxylic acids is 1. The van der Waals surface area contributed by atoms with Crippen LogP contribution in [0.15, 0.2) is 64.2 Å². The van der Waals surface area contributed by atoms with Gasteiger partial charge in [-0.05, 0) is 42.3 Å². The van der Waals surface area contributed by atoms with Gasteiger partial charge in [-0.25, -0.2) is 0 Å². The van der Waals surface area contributed by atoms with Gasteiger partial charge >= 0.3 is 0 Å². The number of thioether (sulfide) groups is 1. The Morgan fingerprint density at radius 2 is 2.00 bits per heavy atom. The summed E-state index contributed by atoms with van der Waals surface area (Å²) in [5.74, 6) is 1.57. The molecule has 0 radical (unpaired) electrons. The predicted molar refractivity (Wildman–Crippen MR) is 103 cm³/mol. The van der Waals surface area contributed by atoms with Crippen LogP contribution in [0.3, 0.4) is 0 Å². The maximum atomic E-state index is 13.0. The van der Waals surface area contributed by atoms with Crippen molar-refractivity contribution in [3.63, 3.8) is 0 Å². The fourth-order valence-electron chi connectivity index (χ4n) is 2.67.